The SMILES string of the molecule is CNc1nc(C2(C)CCCO2)ns1. The Labute approximate surface area is 81.5 Å². The van der Waals surface area contributed by atoms with E-state index < -0.39 is 0 Å². The molecule has 4 nitrogen and oxygen atoms in total. The Hall–Kier alpha value is -0.680. The maximum Gasteiger partial charge on any atom is 0.202 e. The molecule has 72 valence electrons. The minimum absolute atomic E-state index is 0.244. The summed E-state index contributed by atoms with van der Waals surface area (Å²) in [7, 11) is 1.85. The van der Waals surface area contributed by atoms with Crippen LogP contribution in [0.4, 0.5) is 5.13 Å². The molecule has 1 unspecified atom stereocenters. The third kappa shape index (κ3) is 1.53. The zero-order chi connectivity index (χ0) is 9.31. The highest BCUT2D eigenvalue weighted by atomic mass is 32.1. The molecule has 1 aromatic heterocycles. The van der Waals surface area contributed by atoms with Crippen molar-refractivity contribution in [2.24, 2.45) is 0 Å². The molecule has 0 bridgehead atoms. The lowest BCUT2D eigenvalue weighted by Crippen LogP contribution is -2.21. The summed E-state index contributed by atoms with van der Waals surface area (Å²) in [5, 5.41) is 3.83. The van der Waals surface area contributed by atoms with Gasteiger partial charge in [0.25, 0.3) is 0 Å². The van der Waals surface area contributed by atoms with Gasteiger partial charge in [-0.25, -0.2) is 4.98 Å². The molecule has 1 aliphatic rings. The molecule has 0 spiro atoms. The second-order valence-electron chi connectivity index (χ2n) is 3.36. The average molecular weight is 199 g/mol. The van der Waals surface area contributed by atoms with Gasteiger partial charge in [-0.1, -0.05) is 0 Å². The lowest BCUT2D eigenvalue weighted by Gasteiger charge is -2.18. The first-order valence-electron chi connectivity index (χ1n) is 4.40. The van der Waals surface area contributed by atoms with Crippen LogP contribution in [0.25, 0.3) is 0 Å². The number of nitrogens with zero attached hydrogens (tertiary/aromatic N) is 2. The molecule has 2 heterocycles. The summed E-state index contributed by atoms with van der Waals surface area (Å²) in [5.41, 5.74) is -0.244. The molecule has 1 aliphatic heterocycles. The Balaban J connectivity index is 2.23. The van der Waals surface area contributed by atoms with Gasteiger partial charge in [0, 0.05) is 25.2 Å². The van der Waals surface area contributed by atoms with Crippen molar-refractivity contribution >= 4 is 16.7 Å². The summed E-state index contributed by atoms with van der Waals surface area (Å²) in [5.74, 6) is 0.819. The number of rotatable bonds is 2. The van der Waals surface area contributed by atoms with Crippen LogP contribution in [0.5, 0.6) is 0 Å². The Morgan fingerprint density at radius 3 is 3.00 bits per heavy atom. The first-order chi connectivity index (χ1) is 6.24. The van der Waals surface area contributed by atoms with E-state index in [-0.39, 0.29) is 5.60 Å². The number of hydrogen-bond donors (Lipinski definition) is 1. The first-order valence-corrected chi connectivity index (χ1v) is 5.18. The van der Waals surface area contributed by atoms with Crippen molar-refractivity contribution in [3.05, 3.63) is 5.82 Å². The molecule has 5 heteroatoms. The summed E-state index contributed by atoms with van der Waals surface area (Å²) in [6.45, 7) is 2.88. The van der Waals surface area contributed by atoms with Gasteiger partial charge in [0.2, 0.25) is 5.13 Å². The predicted molar refractivity (Wildman–Crippen MR) is 52.0 cm³/mol. The molecule has 2 rings (SSSR count). The summed E-state index contributed by atoms with van der Waals surface area (Å²) in [6, 6.07) is 0. The quantitative estimate of drug-likeness (QED) is 0.786. The predicted octanol–water partition coefficient (Wildman–Crippen LogP) is 1.61. The number of ether oxygens (including phenoxy) is 1. The number of anilines is 1. The van der Waals surface area contributed by atoms with Crippen molar-refractivity contribution in [3.8, 4) is 0 Å². The number of aromatic nitrogens is 2. The van der Waals surface area contributed by atoms with Crippen LogP contribution in [-0.2, 0) is 10.3 Å². The zero-order valence-electron chi connectivity index (χ0n) is 7.83. The van der Waals surface area contributed by atoms with Crippen LogP contribution >= 0.6 is 11.5 Å². The molecule has 0 aromatic carbocycles. The van der Waals surface area contributed by atoms with E-state index in [0.29, 0.717) is 0 Å². The lowest BCUT2D eigenvalue weighted by molar-refractivity contribution is 0.0104. The lowest BCUT2D eigenvalue weighted by atomic mass is 10.0. The fourth-order valence-corrected chi connectivity index (χ4v) is 2.12. The minimum atomic E-state index is -0.244. The largest absolute Gasteiger partial charge is 0.367 e. The van der Waals surface area contributed by atoms with Gasteiger partial charge in [0.15, 0.2) is 5.82 Å². The van der Waals surface area contributed by atoms with Crippen LogP contribution in [0, 0.1) is 0 Å². The van der Waals surface area contributed by atoms with Gasteiger partial charge in [-0.05, 0) is 19.8 Å². The van der Waals surface area contributed by atoms with Gasteiger partial charge in [-0.3, -0.25) is 0 Å². The highest BCUT2D eigenvalue weighted by molar-refractivity contribution is 7.09. The zero-order valence-corrected chi connectivity index (χ0v) is 8.65. The average Bonchev–Trinajstić information content (AvgIpc) is 2.72. The van der Waals surface area contributed by atoms with Gasteiger partial charge in [-0.2, -0.15) is 4.37 Å². The van der Waals surface area contributed by atoms with E-state index in [9.17, 15) is 0 Å². The van der Waals surface area contributed by atoms with Crippen LogP contribution in [0.1, 0.15) is 25.6 Å². The monoisotopic (exact) mass is 199 g/mol. The van der Waals surface area contributed by atoms with Gasteiger partial charge in [-0.15, -0.1) is 0 Å². The van der Waals surface area contributed by atoms with E-state index in [1.807, 2.05) is 7.05 Å². The van der Waals surface area contributed by atoms with Crippen LogP contribution in [0.2, 0.25) is 0 Å². The second-order valence-corrected chi connectivity index (χ2v) is 4.11. The molecular formula is C8H13N3OS. The fourth-order valence-electron chi connectivity index (χ4n) is 1.50. The molecule has 0 radical (unpaired) electrons. The van der Waals surface area contributed by atoms with Gasteiger partial charge >= 0.3 is 0 Å². The molecule has 1 N–H and O–H groups in total. The van der Waals surface area contributed by atoms with E-state index in [1.165, 1.54) is 11.5 Å². The highest BCUT2D eigenvalue weighted by Crippen LogP contribution is 2.34. The Morgan fingerprint density at radius 2 is 2.46 bits per heavy atom. The second kappa shape index (κ2) is 3.23. The number of nitrogens with one attached hydrogen (secondary N) is 1. The van der Waals surface area contributed by atoms with Crippen LogP contribution in [0.3, 0.4) is 0 Å². The topological polar surface area (TPSA) is 47.0 Å². The summed E-state index contributed by atoms with van der Waals surface area (Å²) in [4.78, 5) is 4.35. The maximum absolute atomic E-state index is 5.64. The third-order valence-corrected chi connectivity index (χ3v) is 3.06. The standard InChI is InChI=1S/C8H13N3OS/c1-8(4-3-5-12-8)6-10-7(9-2)13-11-6/h3-5H2,1-2H3,(H,9,10,11). The van der Waals surface area contributed by atoms with Gasteiger partial charge < -0.3 is 10.1 Å². The third-order valence-electron chi connectivity index (χ3n) is 2.33. The van der Waals surface area contributed by atoms with Crippen molar-refractivity contribution in [2.75, 3.05) is 19.0 Å². The minimum Gasteiger partial charge on any atom is -0.367 e. The van der Waals surface area contributed by atoms with Crippen LogP contribution in [0.15, 0.2) is 0 Å². The first kappa shape index (κ1) is 8.90. The smallest absolute Gasteiger partial charge is 0.202 e. The van der Waals surface area contributed by atoms with Crippen LogP contribution < -0.4 is 5.32 Å². The summed E-state index contributed by atoms with van der Waals surface area (Å²) in [6.07, 6.45) is 2.12. The summed E-state index contributed by atoms with van der Waals surface area (Å²) >= 11 is 1.38. The molecule has 0 amide bonds. The van der Waals surface area contributed by atoms with E-state index in [4.69, 9.17) is 4.74 Å². The highest BCUT2D eigenvalue weighted by Gasteiger charge is 2.35. The van der Waals surface area contributed by atoms with Crippen molar-refractivity contribution in [1.29, 1.82) is 0 Å². The number of hydrogen-bond acceptors (Lipinski definition) is 5. The van der Waals surface area contributed by atoms with E-state index in [1.54, 1.807) is 0 Å². The van der Waals surface area contributed by atoms with E-state index in [0.717, 1.165) is 30.4 Å². The fraction of sp³-hybridized carbons (Fsp3) is 0.750. The Kier molecular flexibility index (Phi) is 2.21. The molecule has 1 saturated heterocycles. The van der Waals surface area contributed by atoms with Gasteiger partial charge in [0.1, 0.15) is 5.60 Å². The maximum atomic E-state index is 5.64. The van der Waals surface area contributed by atoms with Crippen molar-refractivity contribution in [3.63, 3.8) is 0 Å². The Morgan fingerprint density at radius 1 is 1.62 bits per heavy atom. The molecule has 1 aromatic rings. The van der Waals surface area contributed by atoms with E-state index in [2.05, 4.69) is 21.6 Å². The van der Waals surface area contributed by atoms with E-state index >= 15 is 0 Å². The molecule has 1 atom stereocenters. The van der Waals surface area contributed by atoms with Crippen LogP contribution in [-0.4, -0.2) is 23.0 Å². The molecule has 0 saturated carbocycles. The van der Waals surface area contributed by atoms with Crippen molar-refractivity contribution in [1.82, 2.24) is 9.36 Å². The van der Waals surface area contributed by atoms with Gasteiger partial charge in [0.05, 0.1) is 0 Å². The van der Waals surface area contributed by atoms with Crippen molar-refractivity contribution < 1.29 is 4.74 Å². The Bertz CT molecular complexity index is 293. The molecule has 0 aliphatic carbocycles. The molecular weight excluding hydrogens is 186 g/mol. The van der Waals surface area contributed by atoms with Crippen molar-refractivity contribution in [2.45, 2.75) is 25.4 Å². The summed E-state index contributed by atoms with van der Waals surface area (Å²) < 4.78 is 9.92. The molecule has 1 fully saturated rings. The molecule has 13 heavy (non-hydrogen) atoms. The normalized spacial score (nSPS) is 27.8.